The van der Waals surface area contributed by atoms with Gasteiger partial charge in [-0.1, -0.05) is 48.5 Å². The van der Waals surface area contributed by atoms with E-state index in [1.165, 1.54) is 12.3 Å². The second kappa shape index (κ2) is 9.96. The van der Waals surface area contributed by atoms with Crippen LogP contribution in [-0.2, 0) is 14.1 Å². The number of esters is 1. The third-order valence-electron chi connectivity index (χ3n) is 5.19. The monoisotopic (exact) mass is 451 g/mol. The summed E-state index contributed by atoms with van der Waals surface area (Å²) in [5.74, 6) is -0.574. The molecule has 0 spiro atoms. The van der Waals surface area contributed by atoms with Crippen molar-refractivity contribution in [2.45, 2.75) is 24.5 Å². The zero-order valence-electron chi connectivity index (χ0n) is 17.4. The molecule has 2 heterocycles. The first-order chi connectivity index (χ1) is 15.9. The Labute approximate surface area is 189 Å². The number of aliphatic hydroxyl groups excluding tert-OH is 1. The van der Waals surface area contributed by atoms with Gasteiger partial charge in [0, 0.05) is 6.20 Å². The Morgan fingerprint density at radius 1 is 1.12 bits per heavy atom. The molecule has 0 aliphatic carbocycles. The van der Waals surface area contributed by atoms with Crippen LogP contribution in [-0.4, -0.2) is 57.7 Å². The third-order valence-corrected chi connectivity index (χ3v) is 5.19. The summed E-state index contributed by atoms with van der Waals surface area (Å²) in [5, 5.41) is 21.4. The SMILES string of the molecule is Nc1ccn([C@@H]2O[C@H](COC(=O)c3ccccc3)[C@@H](OB(O)c3ccccc3)[C@H]2O)c(=O)n1. The number of carbonyl (C=O) groups excluding carboxylic acids is 1. The minimum Gasteiger partial charge on any atom is -0.459 e. The van der Waals surface area contributed by atoms with Gasteiger partial charge in [-0.25, -0.2) is 9.59 Å². The molecule has 3 aromatic rings. The van der Waals surface area contributed by atoms with Crippen LogP contribution in [0.1, 0.15) is 16.6 Å². The highest BCUT2D eigenvalue weighted by Crippen LogP contribution is 2.31. The quantitative estimate of drug-likeness (QED) is 0.326. The Hall–Kier alpha value is -3.51. The summed E-state index contributed by atoms with van der Waals surface area (Å²) in [4.78, 5) is 28.3. The fourth-order valence-corrected chi connectivity index (χ4v) is 3.53. The minimum absolute atomic E-state index is 0.0179. The third kappa shape index (κ3) is 5.12. The lowest BCUT2D eigenvalue weighted by molar-refractivity contribution is -0.0593. The van der Waals surface area contributed by atoms with Gasteiger partial charge in [0.25, 0.3) is 0 Å². The smallest absolute Gasteiger partial charge is 0.459 e. The van der Waals surface area contributed by atoms with Crippen molar-refractivity contribution in [3.05, 3.63) is 89.0 Å². The van der Waals surface area contributed by atoms with Gasteiger partial charge in [-0.3, -0.25) is 4.57 Å². The molecule has 1 aliphatic heterocycles. The highest BCUT2D eigenvalue weighted by atomic mass is 16.6. The van der Waals surface area contributed by atoms with Gasteiger partial charge >= 0.3 is 18.8 Å². The van der Waals surface area contributed by atoms with Gasteiger partial charge in [-0.2, -0.15) is 4.98 Å². The number of anilines is 1. The van der Waals surface area contributed by atoms with Gasteiger partial charge in [-0.15, -0.1) is 0 Å². The summed E-state index contributed by atoms with van der Waals surface area (Å²) in [6, 6.07) is 18.3. The van der Waals surface area contributed by atoms with Crippen molar-refractivity contribution in [2.24, 2.45) is 0 Å². The summed E-state index contributed by atoms with van der Waals surface area (Å²) >= 11 is 0. The number of carbonyl (C=O) groups is 1. The second-order valence-corrected chi connectivity index (χ2v) is 7.43. The van der Waals surface area contributed by atoms with Gasteiger partial charge in [0.1, 0.15) is 30.7 Å². The lowest BCUT2D eigenvalue weighted by Gasteiger charge is -2.23. The Bertz CT molecular complexity index is 1150. The molecule has 0 saturated carbocycles. The van der Waals surface area contributed by atoms with Crippen molar-refractivity contribution < 1.29 is 29.1 Å². The number of nitrogen functional groups attached to an aromatic ring is 1. The molecule has 1 aliphatic rings. The Balaban J connectivity index is 1.55. The maximum absolute atomic E-state index is 12.4. The summed E-state index contributed by atoms with van der Waals surface area (Å²) in [5.41, 5.74) is 5.60. The largest absolute Gasteiger partial charge is 0.491 e. The van der Waals surface area contributed by atoms with Crippen LogP contribution >= 0.6 is 0 Å². The van der Waals surface area contributed by atoms with E-state index in [0.717, 1.165) is 4.57 Å². The number of rotatable bonds is 7. The molecule has 0 unspecified atom stereocenters. The Morgan fingerprint density at radius 3 is 2.45 bits per heavy atom. The van der Waals surface area contributed by atoms with Crippen molar-refractivity contribution in [1.29, 1.82) is 0 Å². The number of hydrogen-bond donors (Lipinski definition) is 3. The predicted octanol–water partition coefficient (Wildman–Crippen LogP) is -0.286. The van der Waals surface area contributed by atoms with Gasteiger partial charge in [-0.05, 0) is 23.7 Å². The van der Waals surface area contributed by atoms with Crippen LogP contribution in [0.2, 0.25) is 0 Å². The maximum atomic E-state index is 12.4. The number of aliphatic hydroxyl groups is 1. The maximum Gasteiger partial charge on any atom is 0.491 e. The van der Waals surface area contributed by atoms with Crippen LogP contribution in [0.3, 0.4) is 0 Å². The summed E-state index contributed by atoms with van der Waals surface area (Å²) in [6.07, 6.45) is -3.36. The number of nitrogens with zero attached hydrogens (tertiary/aromatic N) is 2. The molecule has 170 valence electrons. The van der Waals surface area contributed by atoms with E-state index in [1.54, 1.807) is 60.7 Å². The van der Waals surface area contributed by atoms with E-state index >= 15 is 0 Å². The molecule has 0 radical (unpaired) electrons. The standard InChI is InChI=1S/C22H22BN3O7/c24-17-11-12-26(22(29)25-17)20-18(27)19(33-23(30)15-9-5-2-6-10-15)16(32-20)13-31-21(28)14-7-3-1-4-8-14/h1-12,16,18-20,27,30H,13H2,(H2,24,25,29)/t16-,18-,19-,20-/m1/s1. The van der Waals surface area contributed by atoms with E-state index in [4.69, 9.17) is 19.9 Å². The van der Waals surface area contributed by atoms with Crippen molar-refractivity contribution in [2.75, 3.05) is 12.3 Å². The summed E-state index contributed by atoms with van der Waals surface area (Å²) in [6.45, 7) is -0.287. The first-order valence-corrected chi connectivity index (χ1v) is 10.2. The Morgan fingerprint density at radius 2 is 1.79 bits per heavy atom. The number of hydrogen-bond acceptors (Lipinski definition) is 9. The zero-order chi connectivity index (χ0) is 23.4. The summed E-state index contributed by atoms with van der Waals surface area (Å²) in [7, 11) is -1.39. The number of aromatic nitrogens is 2. The lowest BCUT2D eigenvalue weighted by Crippen LogP contribution is -2.46. The van der Waals surface area contributed by atoms with E-state index in [1.807, 2.05) is 0 Å². The molecular weight excluding hydrogens is 429 g/mol. The van der Waals surface area contributed by atoms with Crippen LogP contribution in [0.4, 0.5) is 5.82 Å². The number of nitrogens with two attached hydrogens (primary N) is 1. The van der Waals surface area contributed by atoms with Gasteiger partial charge in [0.15, 0.2) is 6.23 Å². The van der Waals surface area contributed by atoms with Gasteiger partial charge in [0.2, 0.25) is 0 Å². The minimum atomic E-state index is -1.39. The fourth-order valence-electron chi connectivity index (χ4n) is 3.53. The molecule has 0 bridgehead atoms. The van der Waals surface area contributed by atoms with Crippen LogP contribution in [0.25, 0.3) is 0 Å². The lowest BCUT2D eigenvalue weighted by atomic mass is 9.79. The van der Waals surface area contributed by atoms with Crippen LogP contribution in [0.15, 0.2) is 77.7 Å². The first-order valence-electron chi connectivity index (χ1n) is 10.2. The second-order valence-electron chi connectivity index (χ2n) is 7.43. The molecule has 33 heavy (non-hydrogen) atoms. The normalized spacial score (nSPS) is 22.1. The molecule has 10 nitrogen and oxygen atoms in total. The van der Waals surface area contributed by atoms with E-state index in [-0.39, 0.29) is 12.4 Å². The van der Waals surface area contributed by atoms with Crippen LogP contribution in [0, 0.1) is 0 Å². The summed E-state index contributed by atoms with van der Waals surface area (Å²) < 4.78 is 18.0. The topological polar surface area (TPSA) is 146 Å². The van der Waals surface area contributed by atoms with E-state index in [0.29, 0.717) is 11.0 Å². The molecule has 4 N–H and O–H groups in total. The molecule has 0 amide bonds. The number of benzene rings is 2. The molecule has 4 atom stereocenters. The van der Waals surface area contributed by atoms with Gasteiger partial charge in [0.05, 0.1) is 5.56 Å². The van der Waals surface area contributed by atoms with Crippen molar-refractivity contribution in [1.82, 2.24) is 9.55 Å². The first kappa shape index (κ1) is 22.7. The van der Waals surface area contributed by atoms with Crippen molar-refractivity contribution in [3.63, 3.8) is 0 Å². The number of ether oxygens (including phenoxy) is 2. The zero-order valence-corrected chi connectivity index (χ0v) is 17.4. The van der Waals surface area contributed by atoms with Crippen LogP contribution in [0.5, 0.6) is 0 Å². The molecule has 11 heteroatoms. The fraction of sp³-hybridized carbons (Fsp3) is 0.227. The Kier molecular flexibility index (Phi) is 6.85. The molecular formula is C22H22BN3O7. The van der Waals surface area contributed by atoms with E-state index in [9.17, 15) is 19.7 Å². The van der Waals surface area contributed by atoms with E-state index < -0.39 is 43.3 Å². The average molecular weight is 451 g/mol. The molecule has 1 fully saturated rings. The highest BCUT2D eigenvalue weighted by molar-refractivity contribution is 6.60. The molecule has 1 aromatic heterocycles. The van der Waals surface area contributed by atoms with Crippen molar-refractivity contribution >= 4 is 24.4 Å². The molecule has 2 aromatic carbocycles. The highest BCUT2D eigenvalue weighted by Gasteiger charge is 2.48. The predicted molar refractivity (Wildman–Crippen MR) is 118 cm³/mol. The average Bonchev–Trinajstić information content (AvgIpc) is 3.13. The van der Waals surface area contributed by atoms with Crippen molar-refractivity contribution in [3.8, 4) is 0 Å². The molecule has 1 saturated heterocycles. The van der Waals surface area contributed by atoms with Gasteiger partial charge < -0.3 is 30.0 Å². The van der Waals surface area contributed by atoms with E-state index in [2.05, 4.69) is 4.98 Å². The molecule has 4 rings (SSSR count). The van der Waals surface area contributed by atoms with Crippen LogP contribution < -0.4 is 16.9 Å².